The van der Waals surface area contributed by atoms with Crippen LogP contribution >= 0.6 is 0 Å². The first-order valence-corrected chi connectivity index (χ1v) is 13.0. The van der Waals surface area contributed by atoms with Crippen LogP contribution in [0.2, 0.25) is 0 Å². The van der Waals surface area contributed by atoms with Crippen LogP contribution in [0.3, 0.4) is 0 Å². The van der Waals surface area contributed by atoms with Crippen molar-refractivity contribution >= 4 is 0 Å². The van der Waals surface area contributed by atoms with Crippen LogP contribution in [0, 0.1) is 11.8 Å². The van der Waals surface area contributed by atoms with Gasteiger partial charge in [0.1, 0.15) is 0 Å². The fraction of sp³-hybridized carbons (Fsp3) is 1.00. The number of hydrogen-bond donors (Lipinski definition) is 0. The predicted octanol–water partition coefficient (Wildman–Crippen LogP) is 10.6. The quantitative estimate of drug-likeness (QED) is 0.430. The van der Waals surface area contributed by atoms with Crippen LogP contribution in [0.5, 0.6) is 0 Å². The van der Waals surface area contributed by atoms with Gasteiger partial charge < -0.3 is 0 Å². The molecule has 0 aromatic rings. The second-order valence-corrected chi connectivity index (χ2v) is 6.92. The Morgan fingerprint density at radius 2 is 0.423 bits per heavy atom. The zero-order valence-corrected chi connectivity index (χ0v) is 20.5. The Kier molecular flexibility index (Phi) is 35.2. The summed E-state index contributed by atoms with van der Waals surface area (Å²) in [5.74, 6) is 2.28. The number of rotatable bonds is 1. The molecule has 0 unspecified atom stereocenters. The summed E-state index contributed by atoms with van der Waals surface area (Å²) in [5.41, 5.74) is 0. The highest BCUT2D eigenvalue weighted by Gasteiger charge is 2.24. The van der Waals surface area contributed by atoms with Crippen molar-refractivity contribution in [3.05, 3.63) is 0 Å². The molecule has 3 aliphatic carbocycles. The van der Waals surface area contributed by atoms with E-state index in [2.05, 4.69) is 0 Å². The summed E-state index contributed by atoms with van der Waals surface area (Å²) in [4.78, 5) is 0. The van der Waals surface area contributed by atoms with Crippen LogP contribution in [-0.4, -0.2) is 0 Å². The Labute approximate surface area is 170 Å². The van der Waals surface area contributed by atoms with Crippen molar-refractivity contribution in [2.75, 3.05) is 0 Å². The van der Waals surface area contributed by atoms with Gasteiger partial charge in [-0.2, -0.15) is 0 Å². The van der Waals surface area contributed by atoms with E-state index in [0.29, 0.717) is 0 Å². The van der Waals surface area contributed by atoms with Gasteiger partial charge in [0.15, 0.2) is 0 Å². The Balaban J connectivity index is -0.000000321. The first kappa shape index (κ1) is 30.7. The molecule has 3 saturated carbocycles. The fourth-order valence-electron chi connectivity index (χ4n) is 4.27. The van der Waals surface area contributed by atoms with Gasteiger partial charge in [-0.25, -0.2) is 0 Å². The van der Waals surface area contributed by atoms with E-state index in [9.17, 15) is 0 Å². The molecule has 0 atom stereocenters. The highest BCUT2D eigenvalue weighted by atomic mass is 14.3. The molecule has 0 bridgehead atoms. The van der Waals surface area contributed by atoms with Gasteiger partial charge >= 0.3 is 0 Å². The molecular formula is C26H58. The summed E-state index contributed by atoms with van der Waals surface area (Å²) in [6.45, 7) is 16.0. The van der Waals surface area contributed by atoms with Crippen molar-refractivity contribution in [3.63, 3.8) is 0 Å². The molecule has 3 rings (SSSR count). The first-order valence-electron chi connectivity index (χ1n) is 13.0. The molecule has 0 N–H and O–H groups in total. The third kappa shape index (κ3) is 18.8. The van der Waals surface area contributed by atoms with Gasteiger partial charge in [0.2, 0.25) is 0 Å². The summed E-state index contributed by atoms with van der Waals surface area (Å²) < 4.78 is 0. The minimum absolute atomic E-state index is 1.14. The van der Waals surface area contributed by atoms with Crippen LogP contribution in [0.1, 0.15) is 158 Å². The lowest BCUT2D eigenvalue weighted by molar-refractivity contribution is 0.196. The molecular weight excluding hydrogens is 312 g/mol. The summed E-state index contributed by atoms with van der Waals surface area (Å²) in [6.07, 6.45) is 24.4. The van der Waals surface area contributed by atoms with Crippen molar-refractivity contribution < 1.29 is 0 Å². The largest absolute Gasteiger partial charge is 0.0683 e. The van der Waals surface area contributed by atoms with Crippen molar-refractivity contribution in [2.45, 2.75) is 158 Å². The van der Waals surface area contributed by atoms with E-state index in [1.807, 2.05) is 55.4 Å². The molecule has 3 fully saturated rings. The Morgan fingerprint density at radius 3 is 0.615 bits per heavy atom. The van der Waals surface area contributed by atoms with Crippen LogP contribution in [0.15, 0.2) is 0 Å². The molecule has 0 aliphatic heterocycles. The van der Waals surface area contributed by atoms with Crippen LogP contribution < -0.4 is 0 Å². The van der Waals surface area contributed by atoms with Crippen LogP contribution in [-0.2, 0) is 0 Å². The van der Waals surface area contributed by atoms with Crippen molar-refractivity contribution in [1.82, 2.24) is 0 Å². The molecule has 0 saturated heterocycles. The fourth-order valence-corrected chi connectivity index (χ4v) is 4.27. The zero-order chi connectivity index (χ0) is 20.5. The van der Waals surface area contributed by atoms with E-state index in [1.54, 1.807) is 25.7 Å². The van der Waals surface area contributed by atoms with Gasteiger partial charge in [0.25, 0.3) is 0 Å². The minimum Gasteiger partial charge on any atom is -0.0683 e. The highest BCUT2D eigenvalue weighted by Crippen LogP contribution is 2.37. The third-order valence-corrected chi connectivity index (χ3v) is 5.47. The van der Waals surface area contributed by atoms with Crippen molar-refractivity contribution in [3.8, 4) is 0 Å². The summed E-state index contributed by atoms with van der Waals surface area (Å²) in [7, 11) is 0. The van der Waals surface area contributed by atoms with E-state index in [1.165, 1.54) is 77.0 Å². The Morgan fingerprint density at radius 1 is 0.269 bits per heavy atom. The normalized spacial score (nSPS) is 19.8. The Bertz CT molecular complexity index is 153. The van der Waals surface area contributed by atoms with Gasteiger partial charge in [-0.05, 0) is 11.8 Å². The molecule has 0 heteroatoms. The SMILES string of the molecule is C1CCC(C2CCCCC2)CC1.C1CCCCC1.CC.CC.CC.CC. The molecule has 3 aliphatic rings. The van der Waals surface area contributed by atoms with E-state index in [4.69, 9.17) is 0 Å². The summed E-state index contributed by atoms with van der Waals surface area (Å²) >= 11 is 0. The van der Waals surface area contributed by atoms with Gasteiger partial charge in [-0.15, -0.1) is 0 Å². The summed E-state index contributed by atoms with van der Waals surface area (Å²) in [5, 5.41) is 0. The maximum atomic E-state index is 2.00. The molecule has 162 valence electrons. The van der Waals surface area contributed by atoms with E-state index < -0.39 is 0 Å². The van der Waals surface area contributed by atoms with Crippen LogP contribution in [0.25, 0.3) is 0 Å². The molecule has 0 aromatic carbocycles. The standard InChI is InChI=1S/C12H22.C6H12.4C2H6/c1-3-7-11(8-4-1)12-9-5-2-6-10-12;1-2-4-6-5-3-1;4*1-2/h11-12H,1-10H2;1-6H2;4*1-2H3. The maximum Gasteiger partial charge on any atom is -0.0386 e. The van der Waals surface area contributed by atoms with Crippen molar-refractivity contribution in [1.29, 1.82) is 0 Å². The minimum atomic E-state index is 1.14. The molecule has 0 nitrogen and oxygen atoms in total. The molecule has 0 aromatic heterocycles. The topological polar surface area (TPSA) is 0 Å². The smallest absolute Gasteiger partial charge is 0.0386 e. The van der Waals surface area contributed by atoms with E-state index >= 15 is 0 Å². The Hall–Kier alpha value is 0. The van der Waals surface area contributed by atoms with E-state index in [0.717, 1.165) is 11.8 Å². The summed E-state index contributed by atoms with van der Waals surface area (Å²) in [6, 6.07) is 0. The molecule has 0 radical (unpaired) electrons. The van der Waals surface area contributed by atoms with E-state index in [-0.39, 0.29) is 0 Å². The molecule has 26 heavy (non-hydrogen) atoms. The first-order chi connectivity index (χ1) is 13.0. The molecule has 0 spiro atoms. The van der Waals surface area contributed by atoms with Crippen molar-refractivity contribution in [2.24, 2.45) is 11.8 Å². The van der Waals surface area contributed by atoms with Gasteiger partial charge in [0, 0.05) is 0 Å². The monoisotopic (exact) mass is 370 g/mol. The lowest BCUT2D eigenvalue weighted by Crippen LogP contribution is -2.20. The van der Waals surface area contributed by atoms with Crippen LogP contribution in [0.4, 0.5) is 0 Å². The third-order valence-electron chi connectivity index (χ3n) is 5.47. The molecule has 0 heterocycles. The maximum absolute atomic E-state index is 2.00. The highest BCUT2D eigenvalue weighted by molar-refractivity contribution is 4.76. The zero-order valence-electron chi connectivity index (χ0n) is 20.5. The number of hydrogen-bond acceptors (Lipinski definition) is 0. The average molecular weight is 371 g/mol. The second-order valence-electron chi connectivity index (χ2n) is 6.92. The van der Waals surface area contributed by atoms with Gasteiger partial charge in [0.05, 0.1) is 0 Å². The predicted molar refractivity (Wildman–Crippen MR) is 126 cm³/mol. The van der Waals surface area contributed by atoms with Gasteiger partial charge in [-0.3, -0.25) is 0 Å². The average Bonchev–Trinajstić information content (AvgIpc) is 2.82. The van der Waals surface area contributed by atoms with Gasteiger partial charge in [-0.1, -0.05) is 158 Å². The lowest BCUT2D eigenvalue weighted by atomic mass is 9.73. The lowest BCUT2D eigenvalue weighted by Gasteiger charge is -2.32. The second kappa shape index (κ2) is 29.8. The molecule has 0 amide bonds.